The van der Waals surface area contributed by atoms with Gasteiger partial charge in [-0.05, 0) is 12.1 Å². The molecule has 2 saturated heterocycles. The number of benzene rings is 2. The van der Waals surface area contributed by atoms with Crippen LogP contribution in [0.2, 0.25) is 0 Å². The van der Waals surface area contributed by atoms with Gasteiger partial charge >= 0.3 is 0 Å². The topological polar surface area (TPSA) is 77.4 Å². The lowest BCUT2D eigenvalue weighted by atomic mass is 9.98. The molecule has 0 saturated carbocycles. The maximum atomic E-state index is 10.5. The lowest BCUT2D eigenvalue weighted by molar-refractivity contribution is -0.350. The second-order valence-corrected chi connectivity index (χ2v) is 6.13. The van der Waals surface area contributed by atoms with Gasteiger partial charge in [0.05, 0.1) is 6.61 Å². The Hall–Kier alpha value is -1.96. The van der Waals surface area contributed by atoms with Gasteiger partial charge in [-0.3, -0.25) is 0 Å². The molecule has 2 N–H and O–H groups in total. The highest BCUT2D eigenvalue weighted by atomic mass is 16.8. The average molecular weight is 344 g/mol. The highest BCUT2D eigenvalue weighted by Crippen LogP contribution is 2.34. The summed E-state index contributed by atoms with van der Waals surface area (Å²) in [4.78, 5) is 0. The second kappa shape index (κ2) is 7.11. The Labute approximate surface area is 145 Å². The van der Waals surface area contributed by atoms with Crippen molar-refractivity contribution in [2.45, 2.75) is 37.0 Å². The van der Waals surface area contributed by atoms with Crippen molar-refractivity contribution in [2.75, 3.05) is 6.61 Å². The van der Waals surface area contributed by atoms with E-state index in [1.807, 2.05) is 48.5 Å². The van der Waals surface area contributed by atoms with Crippen LogP contribution in [-0.2, 0) is 14.2 Å². The Kier molecular flexibility index (Phi) is 4.70. The van der Waals surface area contributed by atoms with Crippen LogP contribution in [0.4, 0.5) is 0 Å². The van der Waals surface area contributed by atoms with Crippen molar-refractivity contribution in [3.05, 3.63) is 66.2 Å². The number of aliphatic hydroxyl groups is 2. The van der Waals surface area contributed by atoms with Crippen LogP contribution >= 0.6 is 0 Å². The number of hydrogen-bond acceptors (Lipinski definition) is 6. The van der Waals surface area contributed by atoms with Gasteiger partial charge in [0.1, 0.15) is 30.2 Å². The Balaban J connectivity index is 1.46. The van der Waals surface area contributed by atoms with E-state index in [1.165, 1.54) is 0 Å². The molecule has 0 radical (unpaired) electrons. The largest absolute Gasteiger partial charge is 0.462 e. The van der Waals surface area contributed by atoms with E-state index in [4.69, 9.17) is 18.9 Å². The van der Waals surface area contributed by atoms with Crippen LogP contribution in [0.25, 0.3) is 0 Å². The van der Waals surface area contributed by atoms with E-state index < -0.39 is 37.0 Å². The quantitative estimate of drug-likeness (QED) is 0.881. The van der Waals surface area contributed by atoms with Gasteiger partial charge in [0.2, 0.25) is 6.29 Å². The molecule has 6 heteroatoms. The van der Waals surface area contributed by atoms with E-state index in [-0.39, 0.29) is 6.61 Å². The zero-order valence-electron chi connectivity index (χ0n) is 13.5. The highest BCUT2D eigenvalue weighted by molar-refractivity contribution is 5.21. The summed E-state index contributed by atoms with van der Waals surface area (Å²) in [6, 6.07) is 18.5. The van der Waals surface area contributed by atoms with Crippen LogP contribution in [0, 0.1) is 0 Å². The molecule has 1 unspecified atom stereocenters. The molecule has 25 heavy (non-hydrogen) atoms. The zero-order valence-corrected chi connectivity index (χ0v) is 13.5. The lowest BCUT2D eigenvalue weighted by Gasteiger charge is -2.46. The molecule has 6 nitrogen and oxygen atoms in total. The van der Waals surface area contributed by atoms with E-state index in [0.29, 0.717) is 5.75 Å². The molecule has 2 aliphatic heterocycles. The highest BCUT2D eigenvalue weighted by Gasteiger charge is 2.49. The second-order valence-electron chi connectivity index (χ2n) is 6.13. The number of fused-ring (bicyclic) bond motifs is 1. The first-order chi connectivity index (χ1) is 12.2. The maximum Gasteiger partial charge on any atom is 0.229 e. The van der Waals surface area contributed by atoms with Gasteiger partial charge in [-0.1, -0.05) is 48.5 Å². The normalized spacial score (nSPS) is 35.0. The van der Waals surface area contributed by atoms with Gasteiger partial charge in [-0.15, -0.1) is 0 Å². The van der Waals surface area contributed by atoms with E-state index in [2.05, 4.69) is 0 Å². The van der Waals surface area contributed by atoms with Gasteiger partial charge < -0.3 is 29.2 Å². The van der Waals surface area contributed by atoms with E-state index in [0.717, 1.165) is 5.56 Å². The fourth-order valence-corrected chi connectivity index (χ4v) is 3.09. The summed E-state index contributed by atoms with van der Waals surface area (Å²) < 4.78 is 23.0. The molecule has 6 atom stereocenters. The molecule has 0 bridgehead atoms. The number of ether oxygens (including phenoxy) is 4. The standard InChI is InChI=1S/C19H20O6/c20-15-16(21)19(23-13-9-5-2-6-10-13)24-14-11-22-18(25-17(14)15)12-7-3-1-4-8-12/h1-10,14-21H,11H2/t14-,15-,16-,17-,18?,19-/m1/s1. The summed E-state index contributed by atoms with van der Waals surface area (Å²) in [5, 5.41) is 20.9. The van der Waals surface area contributed by atoms with Crippen LogP contribution < -0.4 is 4.74 Å². The molecule has 0 aromatic heterocycles. The number of hydrogen-bond donors (Lipinski definition) is 2. The predicted octanol–water partition coefficient (Wildman–Crippen LogP) is 1.63. The van der Waals surface area contributed by atoms with Crippen LogP contribution in [0.15, 0.2) is 60.7 Å². The summed E-state index contributed by atoms with van der Waals surface area (Å²) in [7, 11) is 0. The molecule has 132 valence electrons. The molecule has 2 heterocycles. The Morgan fingerprint density at radius 2 is 1.52 bits per heavy atom. The third-order valence-electron chi connectivity index (χ3n) is 4.40. The minimum Gasteiger partial charge on any atom is -0.462 e. The Morgan fingerprint density at radius 3 is 2.24 bits per heavy atom. The van der Waals surface area contributed by atoms with Crippen molar-refractivity contribution < 1.29 is 29.2 Å². The van der Waals surface area contributed by atoms with Crippen molar-refractivity contribution in [2.24, 2.45) is 0 Å². The fourth-order valence-electron chi connectivity index (χ4n) is 3.09. The van der Waals surface area contributed by atoms with Gasteiger partial charge in [0.25, 0.3) is 0 Å². The van der Waals surface area contributed by atoms with E-state index >= 15 is 0 Å². The number of rotatable bonds is 3. The minimum atomic E-state index is -1.23. The smallest absolute Gasteiger partial charge is 0.229 e. The first-order valence-corrected chi connectivity index (χ1v) is 8.28. The molecule has 2 aliphatic rings. The van der Waals surface area contributed by atoms with Crippen molar-refractivity contribution >= 4 is 0 Å². The third kappa shape index (κ3) is 3.40. The fraction of sp³-hybridized carbons (Fsp3) is 0.368. The molecule has 2 aromatic carbocycles. The molecule has 0 aliphatic carbocycles. The zero-order chi connectivity index (χ0) is 17.2. The van der Waals surface area contributed by atoms with Gasteiger partial charge in [0.15, 0.2) is 6.29 Å². The van der Waals surface area contributed by atoms with Gasteiger partial charge in [-0.25, -0.2) is 0 Å². The summed E-state index contributed by atoms with van der Waals surface area (Å²) in [6.07, 6.45) is -5.16. The molecule has 2 aromatic rings. The molecule has 0 spiro atoms. The first kappa shape index (κ1) is 16.5. The van der Waals surface area contributed by atoms with Gasteiger partial charge in [0, 0.05) is 5.56 Å². The van der Waals surface area contributed by atoms with Crippen molar-refractivity contribution in [3.8, 4) is 5.75 Å². The van der Waals surface area contributed by atoms with Crippen LogP contribution in [0.5, 0.6) is 5.75 Å². The first-order valence-electron chi connectivity index (χ1n) is 8.28. The van der Waals surface area contributed by atoms with E-state index in [9.17, 15) is 10.2 Å². The molecule has 4 rings (SSSR count). The van der Waals surface area contributed by atoms with Crippen LogP contribution in [0.3, 0.4) is 0 Å². The molecule has 0 amide bonds. The van der Waals surface area contributed by atoms with Crippen molar-refractivity contribution in [3.63, 3.8) is 0 Å². The van der Waals surface area contributed by atoms with Crippen molar-refractivity contribution in [1.29, 1.82) is 0 Å². The average Bonchev–Trinajstić information content (AvgIpc) is 2.67. The monoisotopic (exact) mass is 344 g/mol. The van der Waals surface area contributed by atoms with Crippen LogP contribution in [-0.4, -0.2) is 47.5 Å². The van der Waals surface area contributed by atoms with Crippen LogP contribution in [0.1, 0.15) is 11.9 Å². The molecule has 2 fully saturated rings. The maximum absolute atomic E-state index is 10.5. The summed E-state index contributed by atoms with van der Waals surface area (Å²) >= 11 is 0. The Bertz CT molecular complexity index is 677. The van der Waals surface area contributed by atoms with E-state index in [1.54, 1.807) is 12.1 Å². The number of para-hydroxylation sites is 1. The predicted molar refractivity (Wildman–Crippen MR) is 87.8 cm³/mol. The minimum absolute atomic E-state index is 0.239. The number of aliphatic hydroxyl groups excluding tert-OH is 2. The summed E-state index contributed by atoms with van der Waals surface area (Å²) in [5.41, 5.74) is 0.852. The molecular formula is C19H20O6. The Morgan fingerprint density at radius 1 is 0.840 bits per heavy atom. The molecular weight excluding hydrogens is 324 g/mol. The van der Waals surface area contributed by atoms with Gasteiger partial charge in [-0.2, -0.15) is 0 Å². The summed E-state index contributed by atoms with van der Waals surface area (Å²) in [6.45, 7) is 0.239. The third-order valence-corrected chi connectivity index (χ3v) is 4.40. The lowest BCUT2D eigenvalue weighted by Crippen LogP contribution is -2.62. The van der Waals surface area contributed by atoms with Crippen molar-refractivity contribution in [1.82, 2.24) is 0 Å². The SMILES string of the molecule is O[C@@H]1[C@@H](O)[C@H](Oc2ccccc2)O[C@@H]2COC(c3ccccc3)O[C@@H]12. The summed E-state index contributed by atoms with van der Waals surface area (Å²) in [5.74, 6) is 0.553.